The molecule has 2 N–H and O–H groups in total. The summed E-state index contributed by atoms with van der Waals surface area (Å²) in [5.41, 5.74) is 8.35. The number of rotatable bonds is 8. The highest BCUT2D eigenvalue weighted by molar-refractivity contribution is 7.98. The Kier molecular flexibility index (Phi) is 6.61. The first-order valence-electron chi connectivity index (χ1n) is 10.00. The van der Waals surface area contributed by atoms with E-state index in [1.54, 1.807) is 49.2 Å². The Balaban J connectivity index is 1.45. The number of hydrogen-bond donors (Lipinski definition) is 1. The number of carbonyl (C=O) groups excluding carboxylic acids is 1. The fourth-order valence-electron chi connectivity index (χ4n) is 3.32. The average molecular weight is 449 g/mol. The summed E-state index contributed by atoms with van der Waals surface area (Å²) in [6, 6.07) is 17.5. The maximum Gasteiger partial charge on any atom is 0.221 e. The van der Waals surface area contributed by atoms with E-state index < -0.39 is 0 Å². The zero-order chi connectivity index (χ0) is 22.5. The van der Waals surface area contributed by atoms with Crippen LogP contribution in [-0.4, -0.2) is 27.8 Å². The van der Waals surface area contributed by atoms with Crippen LogP contribution in [0.1, 0.15) is 28.3 Å². The lowest BCUT2D eigenvalue weighted by molar-refractivity contribution is 0.0979. The summed E-state index contributed by atoms with van der Waals surface area (Å²) in [6.45, 7) is 0. The molecule has 0 fully saturated rings. The molecule has 4 aromatic rings. The van der Waals surface area contributed by atoms with Crippen molar-refractivity contribution < 1.29 is 13.9 Å². The number of aryl methyl sites for hydroxylation is 1. The Bertz CT molecular complexity index is 1260. The van der Waals surface area contributed by atoms with Crippen molar-refractivity contribution in [3.63, 3.8) is 0 Å². The molecule has 8 heteroatoms. The molecule has 0 spiro atoms. The smallest absolute Gasteiger partial charge is 0.221 e. The van der Waals surface area contributed by atoms with Gasteiger partial charge in [-0.15, -0.1) is 11.8 Å². The summed E-state index contributed by atoms with van der Waals surface area (Å²) in [7, 11) is 1.54. The van der Waals surface area contributed by atoms with Crippen molar-refractivity contribution in [2.75, 3.05) is 12.8 Å². The van der Waals surface area contributed by atoms with E-state index in [1.807, 2.05) is 18.2 Å². The minimum absolute atomic E-state index is 0.0308. The number of hydrogen-bond acceptors (Lipinski definition) is 7. The highest BCUT2D eigenvalue weighted by Gasteiger charge is 2.17. The first kappa shape index (κ1) is 21.7. The van der Waals surface area contributed by atoms with Crippen LogP contribution in [0.15, 0.2) is 65.6 Å². The summed E-state index contributed by atoms with van der Waals surface area (Å²) >= 11 is 1.58. The van der Waals surface area contributed by atoms with Crippen LogP contribution in [0.4, 0.5) is 10.3 Å². The molecule has 0 aliphatic heterocycles. The van der Waals surface area contributed by atoms with Gasteiger partial charge in [-0.2, -0.15) is 0 Å². The molecule has 0 saturated carbocycles. The highest BCUT2D eigenvalue weighted by Crippen LogP contribution is 2.27. The molecule has 32 heavy (non-hydrogen) atoms. The first-order chi connectivity index (χ1) is 15.5. The second-order valence-corrected chi connectivity index (χ2v) is 8.12. The molecule has 0 amide bonds. The largest absolute Gasteiger partial charge is 0.494 e. The zero-order valence-corrected chi connectivity index (χ0v) is 18.2. The maximum atomic E-state index is 13.1. The van der Waals surface area contributed by atoms with Gasteiger partial charge in [0.2, 0.25) is 5.95 Å². The SMILES string of the molecule is COc1cccc2c(C(=O)CCc3cccc(CSc4ccc(F)cc4)n3)nc(N)nc12. The lowest BCUT2D eigenvalue weighted by Crippen LogP contribution is -2.09. The van der Waals surface area contributed by atoms with Gasteiger partial charge in [-0.3, -0.25) is 9.78 Å². The van der Waals surface area contributed by atoms with Gasteiger partial charge in [0, 0.05) is 28.1 Å². The number of nitrogens with zero attached hydrogens (tertiary/aromatic N) is 3. The number of fused-ring (bicyclic) bond motifs is 1. The van der Waals surface area contributed by atoms with Gasteiger partial charge in [0.25, 0.3) is 0 Å². The summed E-state index contributed by atoms with van der Waals surface area (Å²) in [6.07, 6.45) is 0.716. The minimum Gasteiger partial charge on any atom is -0.494 e. The van der Waals surface area contributed by atoms with Crippen molar-refractivity contribution in [3.05, 3.63) is 83.6 Å². The van der Waals surface area contributed by atoms with Gasteiger partial charge in [0.05, 0.1) is 12.8 Å². The number of nitrogen functional groups attached to an aromatic ring is 1. The predicted molar refractivity (Wildman–Crippen MR) is 123 cm³/mol. The van der Waals surface area contributed by atoms with Crippen molar-refractivity contribution in [2.24, 2.45) is 0 Å². The number of carbonyl (C=O) groups is 1. The Morgan fingerprint density at radius 3 is 2.53 bits per heavy atom. The van der Waals surface area contributed by atoms with Crippen molar-refractivity contribution in [2.45, 2.75) is 23.5 Å². The Labute approximate surface area is 189 Å². The van der Waals surface area contributed by atoms with Crippen molar-refractivity contribution in [3.8, 4) is 5.75 Å². The van der Waals surface area contributed by atoms with Crippen LogP contribution in [0.2, 0.25) is 0 Å². The number of pyridine rings is 1. The van der Waals surface area contributed by atoms with Crippen LogP contribution in [0.5, 0.6) is 5.75 Å². The molecule has 0 unspecified atom stereocenters. The Morgan fingerprint density at radius 1 is 1.00 bits per heavy atom. The van der Waals surface area contributed by atoms with Gasteiger partial charge in [0.15, 0.2) is 5.78 Å². The topological polar surface area (TPSA) is 91.0 Å². The number of aromatic nitrogens is 3. The number of benzene rings is 2. The molecule has 4 rings (SSSR count). The van der Waals surface area contributed by atoms with E-state index in [0.29, 0.717) is 28.8 Å². The van der Waals surface area contributed by atoms with E-state index in [4.69, 9.17) is 10.5 Å². The second kappa shape index (κ2) is 9.74. The molecular formula is C24H21FN4O2S. The number of para-hydroxylation sites is 1. The van der Waals surface area contributed by atoms with E-state index in [-0.39, 0.29) is 29.7 Å². The van der Waals surface area contributed by atoms with Crippen LogP contribution >= 0.6 is 11.8 Å². The van der Waals surface area contributed by atoms with Gasteiger partial charge in [-0.1, -0.05) is 18.2 Å². The first-order valence-corrected chi connectivity index (χ1v) is 11.0. The fourth-order valence-corrected chi connectivity index (χ4v) is 4.12. The van der Waals surface area contributed by atoms with Gasteiger partial charge < -0.3 is 10.5 Å². The van der Waals surface area contributed by atoms with E-state index in [2.05, 4.69) is 15.0 Å². The number of anilines is 1. The molecule has 0 aliphatic rings. The van der Waals surface area contributed by atoms with Crippen LogP contribution in [-0.2, 0) is 12.2 Å². The quantitative estimate of drug-likeness (QED) is 0.304. The Hall–Kier alpha value is -3.52. The van der Waals surface area contributed by atoms with Gasteiger partial charge in [-0.05, 0) is 48.9 Å². The second-order valence-electron chi connectivity index (χ2n) is 7.07. The summed E-state index contributed by atoms with van der Waals surface area (Å²) in [4.78, 5) is 27.0. The number of nitrogens with two attached hydrogens (primary N) is 1. The van der Waals surface area contributed by atoms with E-state index in [0.717, 1.165) is 16.3 Å². The molecule has 0 radical (unpaired) electrons. The third kappa shape index (κ3) is 5.03. The van der Waals surface area contributed by atoms with E-state index in [9.17, 15) is 9.18 Å². The molecule has 162 valence electrons. The molecule has 0 aliphatic carbocycles. The van der Waals surface area contributed by atoms with E-state index >= 15 is 0 Å². The lowest BCUT2D eigenvalue weighted by atomic mass is 10.1. The number of Topliss-reactive ketones (excluding diaryl/α,β-unsaturated/α-hetero) is 1. The van der Waals surface area contributed by atoms with Crippen molar-refractivity contribution >= 4 is 34.4 Å². The molecule has 2 aromatic carbocycles. The summed E-state index contributed by atoms with van der Waals surface area (Å²) in [5.74, 6) is 0.836. The fraction of sp³-hybridized carbons (Fsp3) is 0.167. The number of ether oxygens (including phenoxy) is 1. The summed E-state index contributed by atoms with van der Waals surface area (Å²) < 4.78 is 18.4. The maximum absolute atomic E-state index is 13.1. The molecule has 0 saturated heterocycles. The van der Waals surface area contributed by atoms with Gasteiger partial charge in [-0.25, -0.2) is 14.4 Å². The van der Waals surface area contributed by atoms with E-state index in [1.165, 1.54) is 12.1 Å². The molecule has 0 bridgehead atoms. The molecule has 2 aromatic heterocycles. The number of ketones is 1. The normalized spacial score (nSPS) is 10.9. The standard InChI is InChI=1S/C24H21FN4O2S/c1-31-21-7-3-6-19-22(28-24(26)29-23(19)21)20(30)13-10-16-4-2-5-17(27-16)14-32-18-11-8-15(25)9-12-18/h2-9,11-12H,10,13-14H2,1H3,(H2,26,28,29). The lowest BCUT2D eigenvalue weighted by Gasteiger charge is -2.09. The molecular weight excluding hydrogens is 427 g/mol. The van der Waals surface area contributed by atoms with Crippen LogP contribution in [0, 0.1) is 5.82 Å². The number of methoxy groups -OCH3 is 1. The summed E-state index contributed by atoms with van der Waals surface area (Å²) in [5, 5.41) is 0.612. The number of halogens is 1. The third-order valence-electron chi connectivity index (χ3n) is 4.86. The Morgan fingerprint density at radius 2 is 1.75 bits per heavy atom. The average Bonchev–Trinajstić information content (AvgIpc) is 2.81. The van der Waals surface area contributed by atoms with Crippen LogP contribution < -0.4 is 10.5 Å². The predicted octanol–water partition coefficient (Wildman–Crippen LogP) is 4.86. The molecule has 2 heterocycles. The van der Waals surface area contributed by atoms with Crippen LogP contribution in [0.3, 0.4) is 0 Å². The van der Waals surface area contributed by atoms with Crippen LogP contribution in [0.25, 0.3) is 10.9 Å². The molecule has 6 nitrogen and oxygen atoms in total. The monoisotopic (exact) mass is 448 g/mol. The minimum atomic E-state index is -0.254. The molecule has 0 atom stereocenters. The van der Waals surface area contributed by atoms with Gasteiger partial charge in [0.1, 0.15) is 22.8 Å². The van der Waals surface area contributed by atoms with Crippen molar-refractivity contribution in [1.29, 1.82) is 0 Å². The van der Waals surface area contributed by atoms with Crippen molar-refractivity contribution in [1.82, 2.24) is 15.0 Å². The third-order valence-corrected chi connectivity index (χ3v) is 5.91. The number of thioether (sulfide) groups is 1. The highest BCUT2D eigenvalue weighted by atomic mass is 32.2. The zero-order valence-electron chi connectivity index (χ0n) is 17.4. The van der Waals surface area contributed by atoms with Gasteiger partial charge >= 0.3 is 0 Å².